The number of aryl methyl sites for hydroxylation is 1. The summed E-state index contributed by atoms with van der Waals surface area (Å²) >= 11 is 0. The molecule has 0 aliphatic carbocycles. The van der Waals surface area contributed by atoms with E-state index in [0.29, 0.717) is 18.9 Å². The number of carbonyl (C=O) groups is 1. The first-order valence-corrected chi connectivity index (χ1v) is 12.8. The van der Waals surface area contributed by atoms with Crippen molar-refractivity contribution in [2.75, 3.05) is 50.5 Å². The number of nitrogens with two attached hydrogens (primary N) is 1. The molecule has 4 N–H and O–H groups in total. The number of methoxy groups -OCH3 is 1. The molecular formula is C29H35N5O3. The highest BCUT2D eigenvalue weighted by Crippen LogP contribution is 2.35. The van der Waals surface area contributed by atoms with E-state index in [9.17, 15) is 9.90 Å². The van der Waals surface area contributed by atoms with E-state index in [1.165, 1.54) is 0 Å². The number of hydrogen-bond donors (Lipinski definition) is 3. The topological polar surface area (TPSA) is 104 Å². The molecule has 194 valence electrons. The number of piperazine rings is 1. The van der Waals surface area contributed by atoms with Crippen molar-refractivity contribution in [3.8, 4) is 22.3 Å². The van der Waals surface area contributed by atoms with Crippen LogP contribution in [0.25, 0.3) is 22.3 Å². The first kappa shape index (κ1) is 25.2. The molecule has 1 fully saturated rings. The average molecular weight is 502 g/mol. The van der Waals surface area contributed by atoms with E-state index in [0.717, 1.165) is 70.7 Å². The zero-order valence-corrected chi connectivity index (χ0v) is 21.7. The van der Waals surface area contributed by atoms with Crippen LogP contribution in [0, 0.1) is 6.92 Å². The summed E-state index contributed by atoms with van der Waals surface area (Å²) in [6.07, 6.45) is 1.64. The van der Waals surface area contributed by atoms with E-state index in [-0.39, 0.29) is 5.91 Å². The number of aliphatic hydroxyl groups is 1. The molecule has 2 aliphatic heterocycles. The molecule has 0 radical (unpaired) electrons. The van der Waals surface area contributed by atoms with E-state index in [1.807, 2.05) is 24.1 Å². The lowest BCUT2D eigenvalue weighted by atomic mass is 9.90. The van der Waals surface area contributed by atoms with Crippen LogP contribution >= 0.6 is 0 Å². The number of pyridine rings is 1. The summed E-state index contributed by atoms with van der Waals surface area (Å²) < 4.78 is 5.18. The van der Waals surface area contributed by atoms with E-state index in [2.05, 4.69) is 51.6 Å². The first-order chi connectivity index (χ1) is 17.9. The number of nitrogen functional groups attached to an aromatic ring is 1. The molecule has 1 aromatic heterocycles. The van der Waals surface area contributed by atoms with Crippen molar-refractivity contribution in [3.63, 3.8) is 0 Å². The Morgan fingerprint density at radius 3 is 2.54 bits per heavy atom. The number of nitrogens with zero attached hydrogens (tertiary/aromatic N) is 3. The number of nitrogens with one attached hydrogen (secondary N) is 1. The Balaban J connectivity index is 1.34. The largest absolute Gasteiger partial charge is 0.383 e. The van der Waals surface area contributed by atoms with E-state index < -0.39 is 12.3 Å². The zero-order chi connectivity index (χ0) is 26.1. The van der Waals surface area contributed by atoms with E-state index in [1.54, 1.807) is 14.0 Å². The third kappa shape index (κ3) is 5.05. The molecule has 0 bridgehead atoms. The Hall–Kier alpha value is -3.46. The summed E-state index contributed by atoms with van der Waals surface area (Å²) in [6.45, 7) is 7.53. The maximum Gasteiger partial charge on any atom is 0.251 e. The van der Waals surface area contributed by atoms with Crippen molar-refractivity contribution in [1.82, 2.24) is 15.2 Å². The van der Waals surface area contributed by atoms with Crippen molar-refractivity contribution >= 4 is 17.4 Å². The van der Waals surface area contributed by atoms with Crippen molar-refractivity contribution in [1.29, 1.82) is 0 Å². The molecule has 0 saturated carbocycles. The Labute approximate surface area is 218 Å². The summed E-state index contributed by atoms with van der Waals surface area (Å²) in [5.41, 5.74) is 14.6. The van der Waals surface area contributed by atoms with Gasteiger partial charge in [-0.2, -0.15) is 0 Å². The average Bonchev–Trinajstić information content (AvgIpc) is 2.93. The molecule has 1 unspecified atom stereocenters. The molecule has 3 heterocycles. The fraction of sp³-hybridized carbons (Fsp3) is 0.379. The summed E-state index contributed by atoms with van der Waals surface area (Å²) in [5, 5.41) is 13.4. The fourth-order valence-corrected chi connectivity index (χ4v) is 5.25. The Morgan fingerprint density at radius 2 is 1.84 bits per heavy atom. The van der Waals surface area contributed by atoms with Crippen LogP contribution in [0.2, 0.25) is 0 Å². The van der Waals surface area contributed by atoms with Gasteiger partial charge in [0.15, 0.2) is 0 Å². The lowest BCUT2D eigenvalue weighted by Gasteiger charge is -2.37. The minimum Gasteiger partial charge on any atom is -0.383 e. The van der Waals surface area contributed by atoms with Crippen LogP contribution in [0.1, 0.15) is 29.8 Å². The molecule has 1 amide bonds. The minimum atomic E-state index is -0.630. The third-order valence-electron chi connectivity index (χ3n) is 7.58. The van der Waals surface area contributed by atoms with Gasteiger partial charge in [-0.05, 0) is 66.3 Å². The molecule has 1 saturated heterocycles. The zero-order valence-electron chi connectivity index (χ0n) is 21.7. The monoisotopic (exact) mass is 501 g/mol. The molecule has 2 aromatic carbocycles. The number of aromatic nitrogens is 1. The van der Waals surface area contributed by atoms with Crippen molar-refractivity contribution in [2.24, 2.45) is 0 Å². The van der Waals surface area contributed by atoms with E-state index >= 15 is 0 Å². The number of rotatable bonds is 5. The molecule has 2 atom stereocenters. The number of ether oxygens (including phenoxy) is 1. The molecule has 8 nitrogen and oxygen atoms in total. The lowest BCUT2D eigenvalue weighted by molar-refractivity contribution is -0.141. The van der Waals surface area contributed by atoms with Crippen molar-refractivity contribution < 1.29 is 14.6 Å². The summed E-state index contributed by atoms with van der Waals surface area (Å²) in [5.74, 6) is 0.541. The van der Waals surface area contributed by atoms with Crippen molar-refractivity contribution in [2.45, 2.75) is 32.6 Å². The summed E-state index contributed by atoms with van der Waals surface area (Å²) in [4.78, 5) is 21.1. The van der Waals surface area contributed by atoms with Gasteiger partial charge in [0.1, 0.15) is 18.1 Å². The molecule has 37 heavy (non-hydrogen) atoms. The van der Waals surface area contributed by atoms with Gasteiger partial charge in [0.25, 0.3) is 5.91 Å². The SMILES string of the molecule is CO[C@H](C)C(=O)N1CCN(c2ccc(-c3cnc(N)c(-c4cc5c(cc4C)C(O)NCC5)c3)cc2)CC1. The molecule has 2 aliphatic rings. The predicted octanol–water partition coefficient (Wildman–Crippen LogP) is 3.13. The van der Waals surface area contributed by atoms with Crippen LogP contribution in [0.3, 0.4) is 0 Å². The van der Waals surface area contributed by atoms with Gasteiger partial charge in [0.05, 0.1) is 0 Å². The highest BCUT2D eigenvalue weighted by atomic mass is 16.5. The standard InChI is InChI=1S/C29H35N5O3/c1-18-14-25-21(8-9-31-28(25)35)15-24(18)26-16-22(17-32-27(26)30)20-4-6-23(7-5-20)33-10-12-34(13-11-33)29(36)19(2)37-3/h4-7,14-17,19,28,31,35H,8-13H2,1-3H3,(H2,30,32)/t19-,28?/m1/s1. The van der Waals surface area contributed by atoms with Crippen LogP contribution in [0.4, 0.5) is 11.5 Å². The first-order valence-electron chi connectivity index (χ1n) is 12.8. The lowest BCUT2D eigenvalue weighted by Crippen LogP contribution is -2.51. The molecule has 8 heteroatoms. The molecular weight excluding hydrogens is 466 g/mol. The predicted molar refractivity (Wildman–Crippen MR) is 146 cm³/mol. The molecule has 0 spiro atoms. The van der Waals surface area contributed by atoms with E-state index in [4.69, 9.17) is 10.5 Å². The second-order valence-electron chi connectivity index (χ2n) is 9.87. The second-order valence-corrected chi connectivity index (χ2v) is 9.87. The van der Waals surface area contributed by atoms with Crippen LogP contribution in [0.15, 0.2) is 48.7 Å². The number of fused-ring (bicyclic) bond motifs is 1. The maximum atomic E-state index is 12.4. The Bertz CT molecular complexity index is 1290. The minimum absolute atomic E-state index is 0.0474. The summed E-state index contributed by atoms with van der Waals surface area (Å²) in [7, 11) is 1.57. The highest BCUT2D eigenvalue weighted by molar-refractivity contribution is 5.82. The highest BCUT2D eigenvalue weighted by Gasteiger charge is 2.25. The van der Waals surface area contributed by atoms with Gasteiger partial charge in [0.2, 0.25) is 0 Å². The molecule has 3 aromatic rings. The Kier molecular flexibility index (Phi) is 7.15. The molecule has 5 rings (SSSR count). The Morgan fingerprint density at radius 1 is 1.11 bits per heavy atom. The number of carbonyl (C=O) groups excluding carboxylic acids is 1. The maximum absolute atomic E-state index is 12.4. The third-order valence-corrected chi connectivity index (χ3v) is 7.58. The number of benzene rings is 2. The van der Waals surface area contributed by atoms with Gasteiger partial charge in [-0.15, -0.1) is 0 Å². The quantitative estimate of drug-likeness (QED) is 0.494. The number of anilines is 2. The fourth-order valence-electron chi connectivity index (χ4n) is 5.25. The van der Waals surface area contributed by atoms with Crippen LogP contribution in [-0.2, 0) is 16.0 Å². The van der Waals surface area contributed by atoms with Gasteiger partial charge >= 0.3 is 0 Å². The normalized spacial score (nSPS) is 18.4. The number of aliphatic hydroxyl groups excluding tert-OH is 1. The van der Waals surface area contributed by atoms with Gasteiger partial charge in [0, 0.05) is 62.8 Å². The smallest absolute Gasteiger partial charge is 0.251 e. The van der Waals surface area contributed by atoms with Gasteiger partial charge in [-0.3, -0.25) is 10.1 Å². The summed E-state index contributed by atoms with van der Waals surface area (Å²) in [6, 6.07) is 14.8. The van der Waals surface area contributed by atoms with Gasteiger partial charge in [-0.1, -0.05) is 24.3 Å². The number of amides is 1. The van der Waals surface area contributed by atoms with Crippen LogP contribution in [-0.4, -0.2) is 66.8 Å². The second kappa shape index (κ2) is 10.5. The van der Waals surface area contributed by atoms with Crippen LogP contribution in [0.5, 0.6) is 0 Å². The number of hydrogen-bond acceptors (Lipinski definition) is 7. The van der Waals surface area contributed by atoms with Crippen LogP contribution < -0.4 is 16.0 Å². The van der Waals surface area contributed by atoms with Crippen molar-refractivity contribution in [3.05, 3.63) is 65.4 Å². The van der Waals surface area contributed by atoms with Gasteiger partial charge < -0.3 is 25.4 Å². The van der Waals surface area contributed by atoms with Gasteiger partial charge in [-0.25, -0.2) is 4.98 Å².